The van der Waals surface area contributed by atoms with Gasteiger partial charge in [-0.3, -0.25) is 4.90 Å². The van der Waals surface area contributed by atoms with Gasteiger partial charge >= 0.3 is 6.09 Å². The van der Waals surface area contributed by atoms with E-state index in [-0.39, 0.29) is 35.7 Å². The zero-order valence-corrected chi connectivity index (χ0v) is 21.3. The quantitative estimate of drug-likeness (QED) is 0.374. The van der Waals surface area contributed by atoms with Crippen molar-refractivity contribution in [1.29, 1.82) is 0 Å². The van der Waals surface area contributed by atoms with Gasteiger partial charge < -0.3 is 14.7 Å². The molecule has 3 aliphatic rings. The Kier molecular flexibility index (Phi) is 12.3. The second kappa shape index (κ2) is 13.8. The molecule has 1 amide bonds. The van der Waals surface area contributed by atoms with Crippen molar-refractivity contribution in [3.8, 4) is 0 Å². The van der Waals surface area contributed by atoms with Crippen LogP contribution in [-0.2, 0) is 9.47 Å². The Morgan fingerprint density at radius 1 is 1.28 bits per heavy atom. The number of nitrogens with one attached hydrogen (secondary N) is 1. The summed E-state index contributed by atoms with van der Waals surface area (Å²) in [7, 11) is 1.39. The molecule has 0 spiro atoms. The number of hydrogen-bond donors (Lipinski definition) is 2. The molecule has 0 radical (unpaired) electrons. The molecule has 0 aromatic carbocycles. The maximum Gasteiger partial charge on any atom is 0.410 e. The van der Waals surface area contributed by atoms with Gasteiger partial charge in [0.15, 0.2) is 0 Å². The average Bonchev–Trinajstić information content (AvgIpc) is 3.48. The van der Waals surface area contributed by atoms with E-state index in [0.29, 0.717) is 18.9 Å². The third-order valence-electron chi connectivity index (χ3n) is 6.90. The summed E-state index contributed by atoms with van der Waals surface area (Å²) in [5.41, 5.74) is 3.99. The van der Waals surface area contributed by atoms with Crippen LogP contribution in [-0.4, -0.2) is 54.1 Å². The molecule has 0 aromatic rings. The summed E-state index contributed by atoms with van der Waals surface area (Å²) >= 11 is 0. The second-order valence-electron chi connectivity index (χ2n) is 8.40. The summed E-state index contributed by atoms with van der Waals surface area (Å²) in [6.07, 6.45) is 13.2. The largest absolute Gasteiger partial charge is 0.453 e. The van der Waals surface area contributed by atoms with Gasteiger partial charge in [-0.2, -0.15) is 0 Å². The molecule has 1 heterocycles. The van der Waals surface area contributed by atoms with Gasteiger partial charge in [-0.15, -0.1) is 0 Å². The number of likely N-dealkylation sites (tertiary alicyclic amines) is 1. The smallest absolute Gasteiger partial charge is 0.410 e. The van der Waals surface area contributed by atoms with Gasteiger partial charge in [0.05, 0.1) is 31.9 Å². The number of carbonyl (C=O) groups excluding carboxylic acids is 1. The van der Waals surface area contributed by atoms with E-state index >= 15 is 0 Å². The van der Waals surface area contributed by atoms with E-state index in [1.807, 2.05) is 53.7 Å². The highest BCUT2D eigenvalue weighted by molar-refractivity contribution is 5.69. The zero-order valence-electron chi connectivity index (χ0n) is 21.3. The van der Waals surface area contributed by atoms with Crippen molar-refractivity contribution in [3.63, 3.8) is 0 Å². The van der Waals surface area contributed by atoms with E-state index in [4.69, 9.17) is 9.47 Å². The minimum Gasteiger partial charge on any atom is -0.453 e. The first kappa shape index (κ1) is 28.4. The normalized spacial score (nSPS) is 33.4. The Morgan fingerprint density at radius 2 is 1.97 bits per heavy atom. The number of hydroxylamine groups is 1. The SMILES string of the molecule is C=C/C(=C\C=C/C)C12CCC(OCC3C(NO)CC(C)N3C(=O)OC)CC1C2.CC.CC. The Hall–Kier alpha value is -1.63. The first-order valence-corrected chi connectivity index (χ1v) is 12.3. The van der Waals surface area contributed by atoms with E-state index in [2.05, 4.69) is 24.2 Å². The van der Waals surface area contributed by atoms with Crippen LogP contribution < -0.4 is 5.48 Å². The standard InChI is InChI=1S/C22H34N2O4.2C2H6/c1-5-7-8-16(6-2)22-10-9-18(12-17(22)13-22)28-14-20-19(23-26)11-15(3)24(20)21(25)27-4;2*1-2/h5-8,15,17-20,23,26H,2,9-14H2,1,3-4H3;2*1-2H3/b7-5-,16-8+;;. The Labute approximate surface area is 195 Å². The molecule has 32 heavy (non-hydrogen) atoms. The van der Waals surface area contributed by atoms with Crippen molar-refractivity contribution in [3.05, 3.63) is 36.5 Å². The van der Waals surface area contributed by atoms with E-state index < -0.39 is 0 Å². The highest BCUT2D eigenvalue weighted by Gasteiger charge is 2.58. The zero-order chi connectivity index (χ0) is 24.3. The molecule has 6 heteroatoms. The van der Waals surface area contributed by atoms with Crippen LogP contribution in [0.25, 0.3) is 0 Å². The molecule has 0 bridgehead atoms. The summed E-state index contributed by atoms with van der Waals surface area (Å²) < 4.78 is 11.2. The molecule has 184 valence electrons. The van der Waals surface area contributed by atoms with Crippen LogP contribution in [0.5, 0.6) is 0 Å². The fraction of sp³-hybridized carbons (Fsp3) is 0.731. The summed E-state index contributed by atoms with van der Waals surface area (Å²) in [5, 5.41) is 9.50. The Bertz CT molecular complexity index is 648. The van der Waals surface area contributed by atoms with Crippen molar-refractivity contribution in [2.45, 2.75) is 97.9 Å². The van der Waals surface area contributed by atoms with Gasteiger partial charge in [0.1, 0.15) is 0 Å². The second-order valence-corrected chi connectivity index (χ2v) is 8.40. The number of rotatable bonds is 7. The lowest BCUT2D eigenvalue weighted by molar-refractivity contribution is -0.0211. The summed E-state index contributed by atoms with van der Waals surface area (Å²) in [6, 6.07) is -0.425. The number of allylic oxidation sites excluding steroid dienone is 5. The molecule has 0 aromatic heterocycles. The lowest BCUT2D eigenvalue weighted by Crippen LogP contribution is -2.48. The summed E-state index contributed by atoms with van der Waals surface area (Å²) in [6.45, 7) is 16.4. The van der Waals surface area contributed by atoms with Crippen LogP contribution in [0.3, 0.4) is 0 Å². The Morgan fingerprint density at radius 3 is 2.50 bits per heavy atom. The lowest BCUT2D eigenvalue weighted by Gasteiger charge is -2.33. The van der Waals surface area contributed by atoms with E-state index in [9.17, 15) is 10.0 Å². The number of fused-ring (bicyclic) bond motifs is 1. The molecule has 1 saturated heterocycles. The number of nitrogens with zero attached hydrogens (tertiary/aromatic N) is 1. The van der Waals surface area contributed by atoms with Crippen molar-refractivity contribution in [2.75, 3.05) is 13.7 Å². The van der Waals surface area contributed by atoms with Crippen molar-refractivity contribution in [1.82, 2.24) is 10.4 Å². The third kappa shape index (κ3) is 6.24. The van der Waals surface area contributed by atoms with Crippen LogP contribution in [0.1, 0.15) is 73.6 Å². The fourth-order valence-corrected chi connectivity index (χ4v) is 5.29. The van der Waals surface area contributed by atoms with Crippen LogP contribution in [0.15, 0.2) is 36.5 Å². The van der Waals surface area contributed by atoms with Crippen molar-refractivity contribution in [2.24, 2.45) is 11.3 Å². The molecule has 6 atom stereocenters. The predicted molar refractivity (Wildman–Crippen MR) is 131 cm³/mol. The van der Waals surface area contributed by atoms with Gasteiger partial charge in [0.25, 0.3) is 0 Å². The molecule has 6 nitrogen and oxygen atoms in total. The lowest BCUT2D eigenvalue weighted by atomic mass is 9.81. The molecule has 2 saturated carbocycles. The summed E-state index contributed by atoms with van der Waals surface area (Å²) in [5.74, 6) is 0.645. The first-order chi connectivity index (χ1) is 15.5. The summed E-state index contributed by atoms with van der Waals surface area (Å²) in [4.78, 5) is 13.8. The van der Waals surface area contributed by atoms with E-state index in [0.717, 1.165) is 19.3 Å². The van der Waals surface area contributed by atoms with E-state index in [1.54, 1.807) is 4.90 Å². The minimum atomic E-state index is -0.367. The highest BCUT2D eigenvalue weighted by atomic mass is 16.5. The molecule has 3 rings (SSSR count). The maximum absolute atomic E-state index is 12.2. The van der Waals surface area contributed by atoms with Gasteiger partial charge in [-0.1, -0.05) is 58.6 Å². The van der Waals surface area contributed by atoms with Gasteiger partial charge in [0, 0.05) is 6.04 Å². The topological polar surface area (TPSA) is 71.0 Å². The maximum atomic E-state index is 12.2. The molecule has 1 aliphatic heterocycles. The monoisotopic (exact) mass is 450 g/mol. The van der Waals surface area contributed by atoms with Crippen molar-refractivity contribution >= 4 is 6.09 Å². The predicted octanol–water partition coefficient (Wildman–Crippen LogP) is 5.88. The Balaban J connectivity index is 0.00000121. The molecule has 2 aliphatic carbocycles. The molecule has 3 fully saturated rings. The fourth-order valence-electron chi connectivity index (χ4n) is 5.29. The molecule has 2 N–H and O–H groups in total. The third-order valence-corrected chi connectivity index (χ3v) is 6.90. The van der Waals surface area contributed by atoms with Gasteiger partial charge in [0.2, 0.25) is 0 Å². The highest BCUT2D eigenvalue weighted by Crippen LogP contribution is 2.66. The van der Waals surface area contributed by atoms with Crippen LogP contribution in [0.4, 0.5) is 4.79 Å². The first-order valence-electron chi connectivity index (χ1n) is 12.3. The number of ether oxygens (including phenoxy) is 2. The molecular weight excluding hydrogens is 404 g/mol. The molecular formula is C26H46N2O4. The van der Waals surface area contributed by atoms with Crippen molar-refractivity contribution < 1.29 is 19.5 Å². The van der Waals surface area contributed by atoms with Crippen LogP contribution >= 0.6 is 0 Å². The van der Waals surface area contributed by atoms with Gasteiger partial charge in [-0.05, 0) is 62.9 Å². The van der Waals surface area contributed by atoms with Gasteiger partial charge in [-0.25, -0.2) is 10.3 Å². The number of methoxy groups -OCH3 is 1. The van der Waals surface area contributed by atoms with Crippen LogP contribution in [0.2, 0.25) is 0 Å². The number of carbonyl (C=O) groups is 1. The number of amides is 1. The molecule has 6 unspecified atom stereocenters. The average molecular weight is 451 g/mol. The van der Waals surface area contributed by atoms with Crippen LogP contribution in [0, 0.1) is 11.3 Å². The minimum absolute atomic E-state index is 0.0000415. The number of hydrogen-bond acceptors (Lipinski definition) is 5. The van der Waals surface area contributed by atoms with E-state index in [1.165, 1.54) is 19.1 Å².